The van der Waals surface area contributed by atoms with Gasteiger partial charge in [-0.3, -0.25) is 9.13 Å². The van der Waals surface area contributed by atoms with Crippen LogP contribution in [0.5, 0.6) is 11.5 Å². The number of rotatable bonds is 4. The van der Waals surface area contributed by atoms with Gasteiger partial charge in [0, 0.05) is 22.8 Å². The quantitative estimate of drug-likeness (QED) is 0.140. The molecule has 2 atom stereocenters. The van der Waals surface area contributed by atoms with Crippen molar-refractivity contribution in [3.63, 3.8) is 0 Å². The summed E-state index contributed by atoms with van der Waals surface area (Å²) in [4.78, 5) is 0. The zero-order valence-electron chi connectivity index (χ0n) is 25.7. The van der Waals surface area contributed by atoms with E-state index < -0.39 is 14.7 Å². The molecule has 9 rings (SSSR count). The molecule has 0 fully saturated rings. The second-order valence-corrected chi connectivity index (χ2v) is 16.3. The molecule has 48 heavy (non-hydrogen) atoms. The molecule has 0 spiro atoms. The Morgan fingerprint density at radius 3 is 1.08 bits per heavy atom. The molecular weight excluding hydrogens is 630 g/mol. The van der Waals surface area contributed by atoms with Crippen molar-refractivity contribution < 1.29 is 18.2 Å². The van der Waals surface area contributed by atoms with Gasteiger partial charge in [-0.15, -0.1) is 0 Å². The van der Waals surface area contributed by atoms with Gasteiger partial charge in [0.1, 0.15) is 11.5 Å². The van der Waals surface area contributed by atoms with Gasteiger partial charge in [-0.1, -0.05) is 121 Å². The van der Waals surface area contributed by atoms with Crippen molar-refractivity contribution >= 4 is 59.0 Å². The van der Waals surface area contributed by atoms with Crippen molar-refractivity contribution in [3.8, 4) is 33.8 Å². The molecule has 0 aliphatic carbocycles. The lowest BCUT2D eigenvalue weighted by Gasteiger charge is -2.27. The molecule has 0 radical (unpaired) electrons. The van der Waals surface area contributed by atoms with Crippen molar-refractivity contribution in [2.24, 2.45) is 0 Å². The molecule has 0 saturated carbocycles. The van der Waals surface area contributed by atoms with Gasteiger partial charge < -0.3 is 9.05 Å². The second kappa shape index (κ2) is 11.1. The third kappa shape index (κ3) is 4.53. The van der Waals surface area contributed by atoms with Crippen LogP contribution in [0.15, 0.2) is 157 Å². The summed E-state index contributed by atoms with van der Waals surface area (Å²) in [5.74, 6) is 4.72. The van der Waals surface area contributed by atoms with Crippen molar-refractivity contribution in [3.05, 3.63) is 168 Å². The number of fused-ring (bicyclic) bond motifs is 8. The van der Waals surface area contributed by atoms with E-state index in [2.05, 4.69) is 24.3 Å². The van der Waals surface area contributed by atoms with Crippen LogP contribution in [-0.2, 0) is 9.13 Å². The van der Waals surface area contributed by atoms with Gasteiger partial charge in [-0.2, -0.15) is 0 Å². The number of benzene rings is 7. The van der Waals surface area contributed by atoms with Gasteiger partial charge in [-0.05, 0) is 80.2 Å². The van der Waals surface area contributed by atoms with E-state index >= 15 is 0 Å². The maximum absolute atomic E-state index is 14.7. The largest absolute Gasteiger partial charge is 0.437 e. The average molecular weight is 659 g/mol. The molecule has 4 nitrogen and oxygen atoms in total. The maximum Gasteiger partial charge on any atom is 0.300 e. The first-order chi connectivity index (χ1) is 23.5. The van der Waals surface area contributed by atoms with E-state index in [1.54, 1.807) is 11.6 Å². The zero-order chi connectivity index (χ0) is 32.3. The molecule has 0 bridgehead atoms. The van der Waals surface area contributed by atoms with Crippen LogP contribution < -0.4 is 19.7 Å². The molecular formula is C42H28O4P2. The smallest absolute Gasteiger partial charge is 0.300 e. The highest BCUT2D eigenvalue weighted by molar-refractivity contribution is 7.71. The minimum absolute atomic E-state index is 0.614. The fourth-order valence-electron chi connectivity index (χ4n) is 7.00. The number of para-hydroxylation sites is 2. The highest BCUT2D eigenvalue weighted by Crippen LogP contribution is 2.57. The summed E-state index contributed by atoms with van der Waals surface area (Å²) in [6.07, 6.45) is 3.90. The Bertz CT molecular complexity index is 2360. The Labute approximate surface area is 278 Å². The lowest BCUT2D eigenvalue weighted by molar-refractivity contribution is 0.500. The molecule has 2 aliphatic rings. The zero-order valence-corrected chi connectivity index (χ0v) is 27.5. The highest BCUT2D eigenvalue weighted by atomic mass is 31.2. The van der Waals surface area contributed by atoms with Crippen LogP contribution in [0.3, 0.4) is 0 Å². The first-order valence-corrected chi connectivity index (χ1v) is 19.2. The van der Waals surface area contributed by atoms with Crippen molar-refractivity contribution in [1.82, 2.24) is 0 Å². The van der Waals surface area contributed by atoms with Crippen LogP contribution in [0.25, 0.3) is 56.0 Å². The van der Waals surface area contributed by atoms with Gasteiger partial charge in [0.25, 0.3) is 14.7 Å². The van der Waals surface area contributed by atoms with Crippen molar-refractivity contribution in [1.29, 1.82) is 0 Å². The van der Waals surface area contributed by atoms with Crippen LogP contribution in [0, 0.1) is 0 Å². The molecule has 7 aromatic carbocycles. The fourth-order valence-corrected chi connectivity index (χ4v) is 10.9. The Kier molecular flexibility index (Phi) is 6.66. The molecule has 7 aromatic rings. The third-order valence-corrected chi connectivity index (χ3v) is 13.3. The van der Waals surface area contributed by atoms with Crippen LogP contribution >= 0.6 is 14.7 Å². The first kappa shape index (κ1) is 28.8. The maximum atomic E-state index is 14.7. The SMILES string of the molecule is O=P1(/C=C/c2c3ccccc3c(/C=C/P3(=O)Oc4ccccc4-c4ccccc43)c3ccccc23)Oc2ccccc2-c2ccccc21. The molecule has 2 unspecified atom stereocenters. The van der Waals surface area contributed by atoms with Crippen LogP contribution in [0.4, 0.5) is 0 Å². The Hall–Kier alpha value is -5.40. The van der Waals surface area contributed by atoms with Gasteiger partial charge >= 0.3 is 0 Å². The van der Waals surface area contributed by atoms with Crippen molar-refractivity contribution in [2.75, 3.05) is 0 Å². The Balaban J connectivity index is 1.20. The summed E-state index contributed by atoms with van der Waals surface area (Å²) < 4.78 is 41.9. The second-order valence-electron chi connectivity index (χ2n) is 12.0. The van der Waals surface area contributed by atoms with Crippen LogP contribution in [0.1, 0.15) is 11.1 Å². The van der Waals surface area contributed by atoms with E-state index in [0.29, 0.717) is 22.1 Å². The number of hydrogen-bond acceptors (Lipinski definition) is 4. The summed E-state index contributed by atoms with van der Waals surface area (Å²) in [5, 5.41) is 5.31. The van der Waals surface area contributed by atoms with E-state index in [9.17, 15) is 9.13 Å². The first-order valence-electron chi connectivity index (χ1n) is 15.8. The fraction of sp³-hybridized carbons (Fsp3) is 0. The highest BCUT2D eigenvalue weighted by Gasteiger charge is 2.35. The van der Waals surface area contributed by atoms with E-state index in [1.165, 1.54) is 0 Å². The van der Waals surface area contributed by atoms with E-state index in [4.69, 9.17) is 9.05 Å². The molecule has 6 heteroatoms. The molecule has 2 aliphatic heterocycles. The van der Waals surface area contributed by atoms with Gasteiger partial charge in [0.15, 0.2) is 0 Å². The molecule has 2 heterocycles. The predicted octanol–water partition coefficient (Wildman–Crippen LogP) is 11.3. The molecule has 230 valence electrons. The predicted molar refractivity (Wildman–Crippen MR) is 199 cm³/mol. The Morgan fingerprint density at radius 2 is 0.688 bits per heavy atom. The molecule has 0 N–H and O–H groups in total. The lowest BCUT2D eigenvalue weighted by atomic mass is 9.92. The standard InChI is InChI=1S/C42H28O4P2/c43-47(41-23-11-7-19-37(41)35-17-5-9-21-39(35)45-47)27-25-33-29-13-1-2-14-30(29)34(32-16-4-3-15-31(32)33)26-28-48(44)42-24-12-8-20-38(42)36-18-6-10-22-40(36)46-48/h1-28H/b27-25+,28-26+. The van der Waals surface area contributed by atoms with Crippen LogP contribution in [0.2, 0.25) is 0 Å². The lowest BCUT2D eigenvalue weighted by Crippen LogP contribution is -2.16. The molecule has 0 saturated heterocycles. The summed E-state index contributed by atoms with van der Waals surface area (Å²) in [5.41, 5.74) is 5.60. The summed E-state index contributed by atoms with van der Waals surface area (Å²) in [7, 11) is -6.83. The summed E-state index contributed by atoms with van der Waals surface area (Å²) >= 11 is 0. The van der Waals surface area contributed by atoms with E-state index in [0.717, 1.165) is 54.9 Å². The topological polar surface area (TPSA) is 52.6 Å². The minimum atomic E-state index is -3.42. The monoisotopic (exact) mass is 658 g/mol. The number of hydrogen-bond donors (Lipinski definition) is 0. The van der Waals surface area contributed by atoms with Crippen molar-refractivity contribution in [2.45, 2.75) is 0 Å². The van der Waals surface area contributed by atoms with Gasteiger partial charge in [0.05, 0.1) is 10.6 Å². The molecule has 0 amide bonds. The summed E-state index contributed by atoms with van der Waals surface area (Å²) in [6.45, 7) is 0. The van der Waals surface area contributed by atoms with Gasteiger partial charge in [-0.25, -0.2) is 0 Å². The van der Waals surface area contributed by atoms with E-state index in [-0.39, 0.29) is 0 Å². The Morgan fingerprint density at radius 1 is 0.375 bits per heavy atom. The van der Waals surface area contributed by atoms with Crippen LogP contribution in [-0.4, -0.2) is 0 Å². The normalized spacial score (nSPS) is 19.3. The minimum Gasteiger partial charge on any atom is -0.437 e. The van der Waals surface area contributed by atoms with E-state index in [1.807, 2.05) is 133 Å². The van der Waals surface area contributed by atoms with Gasteiger partial charge in [0.2, 0.25) is 0 Å². The molecule has 0 aromatic heterocycles. The summed E-state index contributed by atoms with van der Waals surface area (Å²) in [6, 6.07) is 47.3. The third-order valence-electron chi connectivity index (χ3n) is 9.19. The average Bonchev–Trinajstić information content (AvgIpc) is 3.13.